The standard InChI is InChI=1S/C26H31N7O3/c1-3-36-25(35)21-7-8-23(28-15-21)32-9-11-33(12-10-32)26-29-16-22(17-30-26)20-6-4-5-19(13-20)18-31(2)24(34)14-27/h4-8,13,15-17H,3,9-12,14,18,27H2,1-2H3. The molecule has 36 heavy (non-hydrogen) atoms. The summed E-state index contributed by atoms with van der Waals surface area (Å²) >= 11 is 0. The van der Waals surface area contributed by atoms with Gasteiger partial charge in [0, 0.05) is 63.9 Å². The van der Waals surface area contributed by atoms with Crippen molar-refractivity contribution in [3.05, 3.63) is 66.1 Å². The summed E-state index contributed by atoms with van der Waals surface area (Å²) in [5, 5.41) is 0. The molecule has 1 aromatic carbocycles. The molecule has 1 amide bonds. The van der Waals surface area contributed by atoms with Crippen LogP contribution < -0.4 is 15.5 Å². The van der Waals surface area contributed by atoms with Gasteiger partial charge in [-0.3, -0.25) is 4.79 Å². The molecule has 2 aromatic heterocycles. The molecule has 0 atom stereocenters. The number of esters is 1. The predicted octanol–water partition coefficient (Wildman–Crippen LogP) is 1.96. The summed E-state index contributed by atoms with van der Waals surface area (Å²) in [6.07, 6.45) is 5.22. The third kappa shape index (κ3) is 5.95. The Morgan fingerprint density at radius 2 is 1.69 bits per heavy atom. The van der Waals surface area contributed by atoms with Gasteiger partial charge in [-0.2, -0.15) is 0 Å². The van der Waals surface area contributed by atoms with Crippen LogP contribution in [-0.4, -0.2) is 78.1 Å². The van der Waals surface area contributed by atoms with Gasteiger partial charge in [-0.05, 0) is 36.2 Å². The van der Waals surface area contributed by atoms with E-state index in [9.17, 15) is 9.59 Å². The first-order chi connectivity index (χ1) is 17.5. The fraction of sp³-hybridized carbons (Fsp3) is 0.346. The van der Waals surface area contributed by atoms with Crippen LogP contribution in [0.2, 0.25) is 0 Å². The van der Waals surface area contributed by atoms with Crippen molar-refractivity contribution < 1.29 is 14.3 Å². The number of benzene rings is 1. The maximum Gasteiger partial charge on any atom is 0.339 e. The fourth-order valence-corrected chi connectivity index (χ4v) is 4.04. The van der Waals surface area contributed by atoms with Crippen molar-refractivity contribution >= 4 is 23.6 Å². The van der Waals surface area contributed by atoms with E-state index in [2.05, 4.69) is 24.8 Å². The topological polar surface area (TPSA) is 118 Å². The van der Waals surface area contributed by atoms with Gasteiger partial charge >= 0.3 is 5.97 Å². The second-order valence-corrected chi connectivity index (χ2v) is 8.53. The van der Waals surface area contributed by atoms with Gasteiger partial charge in [0.15, 0.2) is 0 Å². The lowest BCUT2D eigenvalue weighted by Gasteiger charge is -2.35. The minimum absolute atomic E-state index is 0.00196. The average Bonchev–Trinajstić information content (AvgIpc) is 2.93. The van der Waals surface area contributed by atoms with Crippen LogP contribution in [0.25, 0.3) is 11.1 Å². The molecule has 0 spiro atoms. The zero-order valence-corrected chi connectivity index (χ0v) is 20.6. The molecule has 3 aromatic rings. The number of aromatic nitrogens is 3. The van der Waals surface area contributed by atoms with Gasteiger partial charge in [0.05, 0.1) is 18.7 Å². The molecule has 2 N–H and O–H groups in total. The summed E-state index contributed by atoms with van der Waals surface area (Å²) in [5.74, 6) is 1.06. The van der Waals surface area contributed by atoms with Crippen molar-refractivity contribution in [2.45, 2.75) is 13.5 Å². The first-order valence-corrected chi connectivity index (χ1v) is 12.0. The summed E-state index contributed by atoms with van der Waals surface area (Å²) in [6, 6.07) is 11.6. The van der Waals surface area contributed by atoms with Gasteiger partial charge in [-0.25, -0.2) is 19.7 Å². The van der Waals surface area contributed by atoms with E-state index >= 15 is 0 Å². The molecule has 0 aliphatic carbocycles. The Morgan fingerprint density at radius 1 is 0.972 bits per heavy atom. The van der Waals surface area contributed by atoms with Crippen molar-refractivity contribution in [2.75, 3.05) is 56.2 Å². The van der Waals surface area contributed by atoms with Crippen molar-refractivity contribution in [3.8, 4) is 11.1 Å². The van der Waals surface area contributed by atoms with Crippen LogP contribution in [0.5, 0.6) is 0 Å². The zero-order chi connectivity index (χ0) is 25.5. The van der Waals surface area contributed by atoms with Gasteiger partial charge < -0.3 is 25.2 Å². The second kappa shape index (κ2) is 11.6. The molecular weight excluding hydrogens is 458 g/mol. The number of piperazine rings is 1. The number of rotatable bonds is 8. The van der Waals surface area contributed by atoms with Gasteiger partial charge in [0.1, 0.15) is 5.82 Å². The van der Waals surface area contributed by atoms with Crippen LogP contribution in [0.3, 0.4) is 0 Å². The molecule has 4 rings (SSSR count). The molecule has 0 saturated carbocycles. The summed E-state index contributed by atoms with van der Waals surface area (Å²) in [4.78, 5) is 43.2. The third-order valence-electron chi connectivity index (χ3n) is 6.06. The SMILES string of the molecule is CCOC(=O)c1ccc(N2CCN(c3ncc(-c4cccc(CN(C)C(=O)CN)c4)cn3)CC2)nc1. The molecule has 1 aliphatic heterocycles. The smallest absolute Gasteiger partial charge is 0.339 e. The molecule has 3 heterocycles. The monoisotopic (exact) mass is 489 g/mol. The highest BCUT2D eigenvalue weighted by molar-refractivity contribution is 5.89. The van der Waals surface area contributed by atoms with Gasteiger partial charge in [-0.1, -0.05) is 18.2 Å². The number of hydrogen-bond acceptors (Lipinski definition) is 9. The Labute approximate surface area is 210 Å². The van der Waals surface area contributed by atoms with Gasteiger partial charge in [0.25, 0.3) is 0 Å². The Balaban J connectivity index is 1.35. The zero-order valence-electron chi connectivity index (χ0n) is 20.6. The average molecular weight is 490 g/mol. The molecule has 1 saturated heterocycles. The molecule has 0 radical (unpaired) electrons. The van der Waals surface area contributed by atoms with E-state index < -0.39 is 0 Å². The maximum absolute atomic E-state index is 11.8. The molecule has 0 unspecified atom stereocenters. The van der Waals surface area contributed by atoms with E-state index in [1.54, 1.807) is 31.1 Å². The van der Waals surface area contributed by atoms with Crippen molar-refractivity contribution in [2.24, 2.45) is 5.73 Å². The normalized spacial score (nSPS) is 13.4. The lowest BCUT2D eigenvalue weighted by molar-refractivity contribution is -0.128. The van der Waals surface area contributed by atoms with E-state index in [4.69, 9.17) is 10.5 Å². The lowest BCUT2D eigenvalue weighted by Crippen LogP contribution is -2.47. The second-order valence-electron chi connectivity index (χ2n) is 8.53. The van der Waals surface area contributed by atoms with E-state index in [-0.39, 0.29) is 18.4 Å². The molecular formula is C26H31N7O3. The Bertz CT molecular complexity index is 1180. The van der Waals surface area contributed by atoms with Gasteiger partial charge in [-0.15, -0.1) is 0 Å². The van der Waals surface area contributed by atoms with Crippen LogP contribution in [0.15, 0.2) is 55.0 Å². The Hall–Kier alpha value is -4.05. The molecule has 1 fully saturated rings. The molecule has 1 aliphatic rings. The fourth-order valence-electron chi connectivity index (χ4n) is 4.04. The van der Waals surface area contributed by atoms with E-state index in [1.807, 2.05) is 42.7 Å². The summed E-state index contributed by atoms with van der Waals surface area (Å²) in [7, 11) is 1.74. The van der Waals surface area contributed by atoms with E-state index in [0.29, 0.717) is 24.7 Å². The Kier molecular flexibility index (Phi) is 8.06. The highest BCUT2D eigenvalue weighted by Crippen LogP contribution is 2.22. The summed E-state index contributed by atoms with van der Waals surface area (Å²) < 4.78 is 5.02. The van der Waals surface area contributed by atoms with E-state index in [1.165, 1.54) is 0 Å². The number of anilines is 2. The predicted molar refractivity (Wildman–Crippen MR) is 138 cm³/mol. The number of nitrogens with two attached hydrogens (primary N) is 1. The van der Waals surface area contributed by atoms with Crippen LogP contribution in [0.1, 0.15) is 22.8 Å². The number of carbonyl (C=O) groups excluding carboxylic acids is 2. The van der Waals surface area contributed by atoms with Crippen LogP contribution >= 0.6 is 0 Å². The van der Waals surface area contributed by atoms with Crippen molar-refractivity contribution in [3.63, 3.8) is 0 Å². The number of pyridine rings is 1. The first kappa shape index (κ1) is 25.1. The quantitative estimate of drug-likeness (QED) is 0.474. The number of nitrogens with zero attached hydrogens (tertiary/aromatic N) is 6. The molecule has 0 bridgehead atoms. The summed E-state index contributed by atoms with van der Waals surface area (Å²) in [6.45, 7) is 5.68. The first-order valence-electron chi connectivity index (χ1n) is 12.0. The molecule has 188 valence electrons. The van der Waals surface area contributed by atoms with Crippen LogP contribution in [0, 0.1) is 0 Å². The minimum atomic E-state index is -0.359. The number of hydrogen-bond donors (Lipinski definition) is 1. The minimum Gasteiger partial charge on any atom is -0.462 e. The van der Waals surface area contributed by atoms with Crippen molar-refractivity contribution in [1.29, 1.82) is 0 Å². The highest BCUT2D eigenvalue weighted by Gasteiger charge is 2.20. The number of likely N-dealkylation sites (N-methyl/N-ethyl adjacent to an activating group) is 1. The van der Waals surface area contributed by atoms with Crippen LogP contribution in [-0.2, 0) is 16.1 Å². The molecule has 10 heteroatoms. The van der Waals surface area contributed by atoms with Gasteiger partial charge in [0.2, 0.25) is 11.9 Å². The highest BCUT2D eigenvalue weighted by atomic mass is 16.5. The number of ether oxygens (including phenoxy) is 1. The van der Waals surface area contributed by atoms with E-state index in [0.717, 1.165) is 48.7 Å². The van der Waals surface area contributed by atoms with Crippen molar-refractivity contribution in [1.82, 2.24) is 19.9 Å². The third-order valence-corrected chi connectivity index (χ3v) is 6.06. The maximum atomic E-state index is 11.8. The lowest BCUT2D eigenvalue weighted by atomic mass is 10.1. The largest absolute Gasteiger partial charge is 0.462 e. The number of amides is 1. The number of carbonyl (C=O) groups is 2. The van der Waals surface area contributed by atoms with Crippen LogP contribution in [0.4, 0.5) is 11.8 Å². The Morgan fingerprint density at radius 3 is 2.33 bits per heavy atom. The summed E-state index contributed by atoms with van der Waals surface area (Å²) in [5.41, 5.74) is 8.83. The molecule has 10 nitrogen and oxygen atoms in total.